The minimum absolute atomic E-state index is 0.0762. The number of carbonyl (C=O) groups is 4. The molecular weight excluding hydrogens is 797 g/mol. The van der Waals surface area contributed by atoms with Crippen molar-refractivity contribution in [3.63, 3.8) is 0 Å². The molecule has 3 fully saturated rings. The monoisotopic (exact) mass is 848 g/mol. The first-order valence-electron chi connectivity index (χ1n) is 21.7. The Kier molecular flexibility index (Phi) is 11.5. The number of benzene rings is 4. The van der Waals surface area contributed by atoms with Crippen molar-refractivity contribution in [3.05, 3.63) is 121 Å². The molecule has 4 N–H and O–H groups in total. The van der Waals surface area contributed by atoms with Crippen LogP contribution in [-0.4, -0.2) is 86.6 Å². The normalized spacial score (nSPS) is 20.2. The summed E-state index contributed by atoms with van der Waals surface area (Å²) < 4.78 is 9.67. The van der Waals surface area contributed by atoms with Gasteiger partial charge in [-0.1, -0.05) is 92.7 Å². The molecule has 4 heterocycles. The first-order valence-corrected chi connectivity index (χ1v) is 21.7. The van der Waals surface area contributed by atoms with E-state index in [-0.39, 0.29) is 41.8 Å². The van der Waals surface area contributed by atoms with Gasteiger partial charge in [0.1, 0.15) is 23.7 Å². The summed E-state index contributed by atoms with van der Waals surface area (Å²) in [4.78, 5) is 72.7. The van der Waals surface area contributed by atoms with Gasteiger partial charge in [-0.2, -0.15) is 0 Å². The highest BCUT2D eigenvalue weighted by Crippen LogP contribution is 2.50. The summed E-state index contributed by atoms with van der Waals surface area (Å²) in [5.74, 6) is 1.34. The maximum Gasteiger partial charge on any atom is 0.407 e. The van der Waals surface area contributed by atoms with Gasteiger partial charge in [0.2, 0.25) is 5.91 Å². The summed E-state index contributed by atoms with van der Waals surface area (Å²) >= 11 is 0. The van der Waals surface area contributed by atoms with Crippen molar-refractivity contribution in [3.8, 4) is 33.6 Å². The Balaban J connectivity index is 0.889. The molecule has 2 bridgehead atoms. The van der Waals surface area contributed by atoms with Gasteiger partial charge < -0.3 is 39.9 Å². The van der Waals surface area contributed by atoms with Gasteiger partial charge in [0.05, 0.1) is 50.1 Å². The van der Waals surface area contributed by atoms with E-state index < -0.39 is 24.3 Å². The van der Waals surface area contributed by atoms with Crippen LogP contribution in [0, 0.1) is 11.8 Å². The minimum Gasteiger partial charge on any atom is -0.453 e. The van der Waals surface area contributed by atoms with Gasteiger partial charge >= 0.3 is 12.2 Å². The van der Waals surface area contributed by atoms with E-state index in [1.54, 1.807) is 0 Å². The number of H-pyrrole nitrogens is 2. The van der Waals surface area contributed by atoms with E-state index in [4.69, 9.17) is 19.4 Å². The fourth-order valence-corrected chi connectivity index (χ4v) is 9.83. The van der Waals surface area contributed by atoms with Crippen LogP contribution in [0.5, 0.6) is 0 Å². The second-order valence-electron chi connectivity index (χ2n) is 17.2. The fraction of sp³-hybridized carbons (Fsp3) is 0.347. The SMILES string of the molecule is COC(=O)NC(C(=O)N1C2CCC(C2)C1c1ncc(-c2ccc(-c3ccc4cc(-c5cnc(C6CCCN6C(=O)C(NC(=O)OC)C(C)C)[nH]5)ccc4c3)cc2)[nH]1)c1ccccc1. The third kappa shape index (κ3) is 8.13. The fourth-order valence-electron chi connectivity index (χ4n) is 9.83. The number of fused-ring (bicyclic) bond motifs is 3. The minimum atomic E-state index is -0.874. The third-order valence-corrected chi connectivity index (χ3v) is 13.1. The zero-order valence-electron chi connectivity index (χ0n) is 35.8. The number of rotatable bonds is 11. The Hall–Kier alpha value is -6.96. The van der Waals surface area contributed by atoms with Crippen molar-refractivity contribution >= 4 is 34.8 Å². The number of likely N-dealkylation sites (tertiary alicyclic amines) is 2. The van der Waals surface area contributed by atoms with E-state index in [2.05, 4.69) is 81.3 Å². The maximum atomic E-state index is 14.3. The average Bonchev–Trinajstić information content (AvgIpc) is 4.18. The van der Waals surface area contributed by atoms with Crippen LogP contribution in [0.2, 0.25) is 0 Å². The lowest BCUT2D eigenvalue weighted by Crippen LogP contribution is -2.51. The number of hydrogen-bond acceptors (Lipinski definition) is 8. The van der Waals surface area contributed by atoms with Gasteiger partial charge in [-0.15, -0.1) is 0 Å². The van der Waals surface area contributed by atoms with E-state index in [0.29, 0.717) is 12.1 Å². The molecule has 2 aliphatic heterocycles. The molecule has 4 amide bonds. The van der Waals surface area contributed by atoms with Crippen LogP contribution in [0.1, 0.15) is 81.3 Å². The van der Waals surface area contributed by atoms with Crippen LogP contribution in [-0.2, 0) is 19.1 Å². The van der Waals surface area contributed by atoms with Gasteiger partial charge in [0.25, 0.3) is 5.91 Å². The highest BCUT2D eigenvalue weighted by molar-refractivity contribution is 5.91. The quantitative estimate of drug-likeness (QED) is 0.100. The zero-order chi connectivity index (χ0) is 43.8. The summed E-state index contributed by atoms with van der Waals surface area (Å²) in [5, 5.41) is 7.67. The number of methoxy groups -OCH3 is 2. The number of aromatic amines is 2. The van der Waals surface area contributed by atoms with Crippen LogP contribution >= 0.6 is 0 Å². The number of aromatic nitrogens is 4. The average molecular weight is 849 g/mol. The predicted octanol–water partition coefficient (Wildman–Crippen LogP) is 8.48. The Morgan fingerprint density at radius 1 is 0.698 bits per heavy atom. The second kappa shape index (κ2) is 17.4. The predicted molar refractivity (Wildman–Crippen MR) is 238 cm³/mol. The van der Waals surface area contributed by atoms with E-state index in [0.717, 1.165) is 88.2 Å². The van der Waals surface area contributed by atoms with Gasteiger partial charge in [0.15, 0.2) is 0 Å². The number of imidazole rings is 2. The van der Waals surface area contributed by atoms with E-state index in [9.17, 15) is 19.2 Å². The van der Waals surface area contributed by atoms with Crippen molar-refractivity contribution in [2.75, 3.05) is 20.8 Å². The Labute approximate surface area is 365 Å². The molecule has 4 aromatic carbocycles. The topological polar surface area (TPSA) is 175 Å². The van der Waals surface area contributed by atoms with E-state index in [1.807, 2.05) is 66.4 Å². The van der Waals surface area contributed by atoms with Crippen LogP contribution in [0.15, 0.2) is 103 Å². The highest BCUT2D eigenvalue weighted by atomic mass is 16.5. The lowest BCUT2D eigenvalue weighted by Gasteiger charge is -2.36. The van der Waals surface area contributed by atoms with Gasteiger partial charge in [-0.25, -0.2) is 19.6 Å². The molecule has 1 aliphatic carbocycles. The third-order valence-electron chi connectivity index (χ3n) is 13.1. The molecule has 6 unspecified atom stereocenters. The number of carbonyl (C=O) groups excluding carboxylic acids is 4. The number of amides is 4. The molecule has 0 radical (unpaired) electrons. The molecule has 63 heavy (non-hydrogen) atoms. The van der Waals surface area contributed by atoms with E-state index in [1.165, 1.54) is 14.2 Å². The summed E-state index contributed by atoms with van der Waals surface area (Å²) in [6, 6.07) is 28.5. The first-order chi connectivity index (χ1) is 30.6. The molecule has 2 saturated heterocycles. The largest absolute Gasteiger partial charge is 0.453 e. The second-order valence-corrected chi connectivity index (χ2v) is 17.2. The molecular formula is C49H52N8O6. The summed E-state index contributed by atoms with van der Waals surface area (Å²) in [6.45, 7) is 4.40. The number of nitrogens with one attached hydrogen (secondary N) is 4. The molecule has 6 atom stereocenters. The molecule has 3 aliphatic rings. The molecule has 0 spiro atoms. The lowest BCUT2D eigenvalue weighted by atomic mass is 9.96. The van der Waals surface area contributed by atoms with Crippen molar-refractivity contribution in [1.82, 2.24) is 40.4 Å². The Bertz CT molecular complexity index is 2640. The van der Waals surface area contributed by atoms with Crippen molar-refractivity contribution in [1.29, 1.82) is 0 Å². The molecule has 2 aromatic heterocycles. The summed E-state index contributed by atoms with van der Waals surface area (Å²) in [5.41, 5.74) is 6.59. The molecule has 1 saturated carbocycles. The molecule has 6 aromatic rings. The molecule has 14 heteroatoms. The highest BCUT2D eigenvalue weighted by Gasteiger charge is 2.51. The Morgan fingerprint density at radius 2 is 1.32 bits per heavy atom. The Morgan fingerprint density at radius 3 is 2.03 bits per heavy atom. The van der Waals surface area contributed by atoms with Crippen LogP contribution in [0.3, 0.4) is 0 Å². The lowest BCUT2D eigenvalue weighted by molar-refractivity contribution is -0.138. The summed E-state index contributed by atoms with van der Waals surface area (Å²) in [7, 11) is 2.59. The molecule has 14 nitrogen and oxygen atoms in total. The van der Waals surface area contributed by atoms with Crippen LogP contribution < -0.4 is 10.6 Å². The van der Waals surface area contributed by atoms with Crippen molar-refractivity contribution in [2.24, 2.45) is 11.8 Å². The number of hydrogen-bond donors (Lipinski definition) is 4. The van der Waals surface area contributed by atoms with E-state index >= 15 is 0 Å². The van der Waals surface area contributed by atoms with Gasteiger partial charge in [-0.05, 0) is 89.1 Å². The van der Waals surface area contributed by atoms with Gasteiger partial charge in [-0.3, -0.25) is 9.59 Å². The van der Waals surface area contributed by atoms with Gasteiger partial charge in [0, 0.05) is 18.2 Å². The number of ether oxygens (including phenoxy) is 2. The van der Waals surface area contributed by atoms with Crippen molar-refractivity contribution in [2.45, 2.75) is 76.2 Å². The molecule has 9 rings (SSSR count). The first kappa shape index (κ1) is 41.4. The van der Waals surface area contributed by atoms with Crippen LogP contribution in [0.25, 0.3) is 44.4 Å². The number of nitrogens with zero attached hydrogens (tertiary/aromatic N) is 4. The number of alkyl carbamates (subject to hydrolysis) is 2. The molecule has 324 valence electrons. The zero-order valence-corrected chi connectivity index (χ0v) is 35.8. The summed E-state index contributed by atoms with van der Waals surface area (Å²) in [6.07, 6.45) is 6.85. The van der Waals surface area contributed by atoms with Crippen LogP contribution in [0.4, 0.5) is 9.59 Å². The van der Waals surface area contributed by atoms with Crippen molar-refractivity contribution < 1.29 is 28.7 Å². The maximum absolute atomic E-state index is 14.3. The smallest absolute Gasteiger partial charge is 0.407 e. The number of piperidine rings is 1. The standard InChI is InChI=1S/C49H52N8O6/c1-28(2)41(54-48(60)62-3)46(58)56-22-8-11-40(56)44-50-27-39(52-44)35-19-18-33-23-32(16-17-34(33)24-35)29-12-14-30(15-13-29)38-26-51-45(53-38)43-36-20-21-37(25-36)57(43)47(59)42(55-49(61)63-4)31-9-6-5-7-10-31/h5-7,9-10,12-19,23-24,26-28,36-37,40-43H,8,11,20-22,25H2,1-4H3,(H,50,52)(H,51,53)(H,54,60)(H,55,61).